The van der Waals surface area contributed by atoms with E-state index in [2.05, 4.69) is 20.8 Å². The van der Waals surface area contributed by atoms with Gasteiger partial charge in [-0.25, -0.2) is 0 Å². The number of hydrogen-bond donors (Lipinski definition) is 0. The van der Waals surface area contributed by atoms with Gasteiger partial charge in [-0.05, 0) is 29.6 Å². The molecule has 0 aromatic rings. The topological polar surface area (TPSA) is 0 Å². The van der Waals surface area contributed by atoms with E-state index in [4.69, 9.17) is 0 Å². The summed E-state index contributed by atoms with van der Waals surface area (Å²) in [6, 6.07) is 0. The zero-order valence-electron chi connectivity index (χ0n) is 6.65. The minimum Gasteiger partial charge on any atom is -0.0649 e. The lowest BCUT2D eigenvalue weighted by molar-refractivity contribution is 0.131. The van der Waals surface area contributed by atoms with E-state index in [0.717, 1.165) is 23.2 Å². The Labute approximate surface area is 57.6 Å². The average Bonchev–Trinajstić information content (AvgIpc) is 2.33. The van der Waals surface area contributed by atoms with Crippen molar-refractivity contribution in [3.8, 4) is 0 Å². The van der Waals surface area contributed by atoms with Crippen LogP contribution >= 0.6 is 0 Å². The van der Waals surface area contributed by atoms with E-state index in [-0.39, 0.29) is 0 Å². The van der Waals surface area contributed by atoms with Crippen molar-refractivity contribution < 1.29 is 0 Å². The van der Waals surface area contributed by atoms with E-state index in [1.807, 2.05) is 0 Å². The third-order valence-electron chi connectivity index (χ3n) is 3.88. The van der Waals surface area contributed by atoms with Gasteiger partial charge in [0.15, 0.2) is 0 Å². The first-order valence-electron chi connectivity index (χ1n) is 4.19. The van der Waals surface area contributed by atoms with Crippen LogP contribution in [0.1, 0.15) is 33.6 Å². The smallest absolute Gasteiger partial charge is 0.0292 e. The Kier molecular flexibility index (Phi) is 0.868. The molecule has 2 aliphatic rings. The summed E-state index contributed by atoms with van der Waals surface area (Å²) >= 11 is 0. The van der Waals surface area contributed by atoms with Gasteiger partial charge in [-0.1, -0.05) is 27.2 Å². The molecular formula is C9H16. The van der Waals surface area contributed by atoms with Crippen LogP contribution in [0.4, 0.5) is 0 Å². The van der Waals surface area contributed by atoms with E-state index in [1.165, 1.54) is 12.8 Å². The fraction of sp³-hybridized carbons (Fsp3) is 1.00. The summed E-state index contributed by atoms with van der Waals surface area (Å²) in [5.41, 5.74) is 0.768. The van der Waals surface area contributed by atoms with Crippen molar-refractivity contribution in [2.75, 3.05) is 0 Å². The molecule has 0 heterocycles. The normalized spacial score (nSPS) is 62.3. The van der Waals surface area contributed by atoms with Gasteiger partial charge in [-0.2, -0.15) is 0 Å². The Balaban J connectivity index is 2.06. The van der Waals surface area contributed by atoms with Gasteiger partial charge in [0.1, 0.15) is 0 Å². The lowest BCUT2D eigenvalue weighted by atomic mass is 9.69. The fourth-order valence-electron chi connectivity index (χ4n) is 2.90. The van der Waals surface area contributed by atoms with Gasteiger partial charge < -0.3 is 0 Å². The van der Waals surface area contributed by atoms with Crippen LogP contribution in [-0.4, -0.2) is 0 Å². The summed E-state index contributed by atoms with van der Waals surface area (Å²) in [5, 5.41) is 0. The maximum absolute atomic E-state index is 2.46. The largest absolute Gasteiger partial charge is 0.0649 e. The molecule has 0 saturated heterocycles. The second kappa shape index (κ2) is 1.36. The number of fused-ring (bicyclic) bond motifs is 1. The molecule has 0 amide bonds. The second-order valence-electron chi connectivity index (χ2n) is 4.26. The zero-order chi connectivity index (χ0) is 6.65. The molecule has 2 fully saturated rings. The SMILES string of the molecule is CCC1(C)CC2C(C)C21. The lowest BCUT2D eigenvalue weighted by Gasteiger charge is -2.36. The van der Waals surface area contributed by atoms with Gasteiger partial charge >= 0.3 is 0 Å². The van der Waals surface area contributed by atoms with Crippen molar-refractivity contribution in [1.82, 2.24) is 0 Å². The molecule has 0 bridgehead atoms. The molecule has 52 valence electrons. The number of hydrogen-bond acceptors (Lipinski definition) is 0. The average molecular weight is 124 g/mol. The van der Waals surface area contributed by atoms with Crippen LogP contribution in [0.2, 0.25) is 0 Å². The van der Waals surface area contributed by atoms with Crippen molar-refractivity contribution in [2.24, 2.45) is 23.2 Å². The standard InChI is InChI=1S/C9H16/c1-4-9(3)5-7-6(2)8(7)9/h6-8H,4-5H2,1-3H3. The van der Waals surface area contributed by atoms with Crippen molar-refractivity contribution >= 4 is 0 Å². The molecule has 2 rings (SSSR count). The first-order valence-corrected chi connectivity index (χ1v) is 4.19. The molecular weight excluding hydrogens is 108 g/mol. The molecule has 0 spiro atoms. The van der Waals surface area contributed by atoms with E-state index in [9.17, 15) is 0 Å². The maximum atomic E-state index is 2.46. The molecule has 2 saturated carbocycles. The predicted octanol–water partition coefficient (Wildman–Crippen LogP) is 2.69. The van der Waals surface area contributed by atoms with Gasteiger partial charge in [-0.3, -0.25) is 0 Å². The Morgan fingerprint density at radius 2 is 2.22 bits per heavy atom. The highest BCUT2D eigenvalue weighted by molar-refractivity contribution is 5.13. The van der Waals surface area contributed by atoms with E-state index >= 15 is 0 Å². The second-order valence-corrected chi connectivity index (χ2v) is 4.26. The van der Waals surface area contributed by atoms with Crippen LogP contribution in [0, 0.1) is 23.2 Å². The van der Waals surface area contributed by atoms with Gasteiger partial charge in [0, 0.05) is 0 Å². The Morgan fingerprint density at radius 3 is 2.33 bits per heavy atom. The van der Waals surface area contributed by atoms with Crippen molar-refractivity contribution in [1.29, 1.82) is 0 Å². The fourth-order valence-corrected chi connectivity index (χ4v) is 2.90. The number of rotatable bonds is 1. The molecule has 4 atom stereocenters. The highest BCUT2D eigenvalue weighted by Crippen LogP contribution is 2.72. The van der Waals surface area contributed by atoms with E-state index < -0.39 is 0 Å². The quantitative estimate of drug-likeness (QED) is 0.504. The Morgan fingerprint density at radius 1 is 1.56 bits per heavy atom. The zero-order valence-corrected chi connectivity index (χ0v) is 6.65. The van der Waals surface area contributed by atoms with Gasteiger partial charge in [-0.15, -0.1) is 0 Å². The van der Waals surface area contributed by atoms with Crippen molar-refractivity contribution in [3.05, 3.63) is 0 Å². The molecule has 4 unspecified atom stereocenters. The van der Waals surface area contributed by atoms with Crippen molar-refractivity contribution in [3.63, 3.8) is 0 Å². The molecule has 9 heavy (non-hydrogen) atoms. The summed E-state index contributed by atoms with van der Waals surface area (Å²) in [6.45, 7) is 7.20. The monoisotopic (exact) mass is 124 g/mol. The predicted molar refractivity (Wildman–Crippen MR) is 39.2 cm³/mol. The van der Waals surface area contributed by atoms with Crippen LogP contribution in [0.5, 0.6) is 0 Å². The summed E-state index contributed by atoms with van der Waals surface area (Å²) in [5.74, 6) is 3.35. The molecule has 0 aliphatic heterocycles. The van der Waals surface area contributed by atoms with Crippen LogP contribution in [0.3, 0.4) is 0 Å². The summed E-state index contributed by atoms with van der Waals surface area (Å²) in [7, 11) is 0. The van der Waals surface area contributed by atoms with Crippen LogP contribution < -0.4 is 0 Å². The molecule has 0 N–H and O–H groups in total. The van der Waals surface area contributed by atoms with Gasteiger partial charge in [0.25, 0.3) is 0 Å². The molecule has 0 heteroatoms. The van der Waals surface area contributed by atoms with Crippen LogP contribution in [0.15, 0.2) is 0 Å². The highest BCUT2D eigenvalue weighted by atomic mass is 14.7. The lowest BCUT2D eigenvalue weighted by Crippen LogP contribution is -2.28. The first-order chi connectivity index (χ1) is 4.19. The minimum absolute atomic E-state index is 0.768. The third-order valence-corrected chi connectivity index (χ3v) is 3.88. The van der Waals surface area contributed by atoms with Gasteiger partial charge in [0.2, 0.25) is 0 Å². The van der Waals surface area contributed by atoms with E-state index in [0.29, 0.717) is 0 Å². The van der Waals surface area contributed by atoms with Gasteiger partial charge in [0.05, 0.1) is 0 Å². The molecule has 0 aromatic heterocycles. The third kappa shape index (κ3) is 0.500. The molecule has 2 aliphatic carbocycles. The maximum Gasteiger partial charge on any atom is -0.0292 e. The summed E-state index contributed by atoms with van der Waals surface area (Å²) in [6.07, 6.45) is 2.92. The molecule has 0 aromatic carbocycles. The summed E-state index contributed by atoms with van der Waals surface area (Å²) < 4.78 is 0. The first kappa shape index (κ1) is 5.76. The highest BCUT2D eigenvalue weighted by Gasteiger charge is 2.65. The Hall–Kier alpha value is 0. The van der Waals surface area contributed by atoms with Crippen molar-refractivity contribution in [2.45, 2.75) is 33.6 Å². The summed E-state index contributed by atoms with van der Waals surface area (Å²) in [4.78, 5) is 0. The molecule has 0 nitrogen and oxygen atoms in total. The Bertz CT molecular complexity index is 135. The molecule has 0 radical (unpaired) electrons. The minimum atomic E-state index is 0.768. The van der Waals surface area contributed by atoms with Crippen LogP contribution in [0.25, 0.3) is 0 Å². The van der Waals surface area contributed by atoms with Crippen LogP contribution in [-0.2, 0) is 0 Å². The van der Waals surface area contributed by atoms with E-state index in [1.54, 1.807) is 0 Å².